The summed E-state index contributed by atoms with van der Waals surface area (Å²) in [6, 6.07) is 13.9. The first-order chi connectivity index (χ1) is 19.9. The molecule has 0 amide bonds. The fourth-order valence-corrected chi connectivity index (χ4v) is 7.86. The summed E-state index contributed by atoms with van der Waals surface area (Å²) in [5.41, 5.74) is 2.54. The molecule has 0 atom stereocenters. The van der Waals surface area contributed by atoms with Gasteiger partial charge in [-0.25, -0.2) is 8.42 Å². The molecule has 0 unspecified atom stereocenters. The monoisotopic (exact) mass is 612 g/mol. The molecule has 0 bridgehead atoms. The highest BCUT2D eigenvalue weighted by Gasteiger charge is 2.43. The predicted octanol–water partition coefficient (Wildman–Crippen LogP) is 6.90. The molecule has 2 aliphatic rings. The summed E-state index contributed by atoms with van der Waals surface area (Å²) in [4.78, 5) is 2.16. The van der Waals surface area contributed by atoms with E-state index >= 15 is 0 Å². The van der Waals surface area contributed by atoms with Gasteiger partial charge >= 0.3 is 12.6 Å². The Kier molecular flexibility index (Phi) is 8.89. The summed E-state index contributed by atoms with van der Waals surface area (Å²) in [6.45, 7) is 2.98. The van der Waals surface area contributed by atoms with Gasteiger partial charge in [-0.2, -0.15) is 22.0 Å². The third-order valence-electron chi connectivity index (χ3n) is 8.33. The van der Waals surface area contributed by atoms with Crippen molar-refractivity contribution in [2.75, 3.05) is 17.4 Å². The zero-order chi connectivity index (χ0) is 30.1. The molecule has 2 aromatic carbocycles. The molecule has 1 saturated heterocycles. The molecule has 13 heteroatoms. The fourth-order valence-electron chi connectivity index (χ4n) is 5.96. The SMILES string of the molecule is Cc1cccc(N(Cc2ccc(-c3nnc(C(F)F)o3)cc2)S(=O)(=O)C2CCN(C3CCC(C(F)(F)F)CC3)CC2)c1. The first kappa shape index (κ1) is 30.4. The van der Waals surface area contributed by atoms with E-state index in [0.717, 1.165) is 5.56 Å². The van der Waals surface area contributed by atoms with Gasteiger partial charge in [0, 0.05) is 11.6 Å². The predicted molar refractivity (Wildman–Crippen MR) is 147 cm³/mol. The van der Waals surface area contributed by atoms with E-state index in [1.54, 1.807) is 36.4 Å². The van der Waals surface area contributed by atoms with Crippen LogP contribution in [0.5, 0.6) is 0 Å². The van der Waals surface area contributed by atoms with Crippen molar-refractivity contribution < 1.29 is 34.8 Å². The number of aryl methyl sites for hydroxylation is 1. The smallest absolute Gasteiger partial charge is 0.391 e. The quantitative estimate of drug-likeness (QED) is 0.258. The minimum Gasteiger partial charge on any atom is -0.415 e. The minimum absolute atomic E-state index is 0.0502. The molecule has 0 N–H and O–H groups in total. The number of hydrogen-bond donors (Lipinski definition) is 0. The Balaban J connectivity index is 1.29. The van der Waals surface area contributed by atoms with Crippen molar-refractivity contribution in [1.82, 2.24) is 15.1 Å². The fraction of sp³-hybridized carbons (Fsp3) is 0.517. The van der Waals surface area contributed by atoms with E-state index in [9.17, 15) is 30.4 Å². The summed E-state index contributed by atoms with van der Waals surface area (Å²) in [5, 5.41) is 6.36. The summed E-state index contributed by atoms with van der Waals surface area (Å²) < 4.78 is 99.5. The number of sulfonamides is 1. The molecule has 5 rings (SSSR count). The van der Waals surface area contributed by atoms with Crippen LogP contribution in [0, 0.1) is 12.8 Å². The number of halogens is 5. The van der Waals surface area contributed by atoms with Crippen molar-refractivity contribution in [3.63, 3.8) is 0 Å². The highest BCUT2D eigenvalue weighted by molar-refractivity contribution is 7.93. The molecule has 42 heavy (non-hydrogen) atoms. The Bertz CT molecular complexity index is 1450. The van der Waals surface area contributed by atoms with E-state index in [2.05, 4.69) is 15.1 Å². The second-order valence-electron chi connectivity index (χ2n) is 11.1. The highest BCUT2D eigenvalue weighted by Crippen LogP contribution is 2.39. The normalized spacial score (nSPS) is 21.1. The maximum absolute atomic E-state index is 14.1. The second-order valence-corrected chi connectivity index (χ2v) is 13.3. The van der Waals surface area contributed by atoms with Gasteiger partial charge in [-0.15, -0.1) is 10.2 Å². The molecule has 1 aromatic heterocycles. The lowest BCUT2D eigenvalue weighted by Crippen LogP contribution is -2.49. The lowest BCUT2D eigenvalue weighted by molar-refractivity contribution is -0.184. The van der Waals surface area contributed by atoms with Crippen molar-refractivity contribution in [3.05, 3.63) is 65.5 Å². The van der Waals surface area contributed by atoms with Crippen LogP contribution in [0.25, 0.3) is 11.5 Å². The van der Waals surface area contributed by atoms with Gasteiger partial charge in [-0.3, -0.25) is 4.31 Å². The van der Waals surface area contributed by atoms with E-state index in [1.807, 2.05) is 19.1 Å². The zero-order valence-corrected chi connectivity index (χ0v) is 23.9. The third kappa shape index (κ3) is 6.77. The summed E-state index contributed by atoms with van der Waals surface area (Å²) in [7, 11) is -3.81. The van der Waals surface area contributed by atoms with Crippen LogP contribution >= 0.6 is 0 Å². The van der Waals surface area contributed by atoms with Crippen molar-refractivity contribution in [1.29, 1.82) is 0 Å². The Morgan fingerprint density at radius 1 is 0.976 bits per heavy atom. The van der Waals surface area contributed by atoms with Gasteiger partial charge in [0.25, 0.3) is 5.89 Å². The first-order valence-electron chi connectivity index (χ1n) is 14.0. The Morgan fingerprint density at radius 3 is 2.21 bits per heavy atom. The number of nitrogens with zero attached hydrogens (tertiary/aromatic N) is 4. The van der Waals surface area contributed by atoms with E-state index in [-0.39, 0.29) is 31.3 Å². The molecule has 1 aliphatic carbocycles. The molecule has 2 fully saturated rings. The number of likely N-dealkylation sites (tertiary alicyclic amines) is 1. The van der Waals surface area contributed by atoms with Crippen LogP contribution in [-0.4, -0.2) is 54.1 Å². The maximum Gasteiger partial charge on any atom is 0.391 e. The maximum atomic E-state index is 14.1. The minimum atomic E-state index is -4.16. The van der Waals surface area contributed by atoms with Crippen LogP contribution in [-0.2, 0) is 16.6 Å². The van der Waals surface area contributed by atoms with E-state index in [1.165, 1.54) is 4.31 Å². The summed E-state index contributed by atoms with van der Waals surface area (Å²) in [5.74, 6) is -2.07. The lowest BCUT2D eigenvalue weighted by Gasteiger charge is -2.41. The van der Waals surface area contributed by atoms with Crippen molar-refractivity contribution in [3.8, 4) is 11.5 Å². The van der Waals surface area contributed by atoms with Crippen molar-refractivity contribution >= 4 is 15.7 Å². The van der Waals surface area contributed by atoms with Gasteiger partial charge in [0.15, 0.2) is 0 Å². The zero-order valence-electron chi connectivity index (χ0n) is 23.1. The first-order valence-corrected chi connectivity index (χ1v) is 15.5. The number of aromatic nitrogens is 2. The topological polar surface area (TPSA) is 79.5 Å². The highest BCUT2D eigenvalue weighted by atomic mass is 32.2. The number of piperidine rings is 1. The van der Waals surface area contributed by atoms with E-state index in [4.69, 9.17) is 4.42 Å². The molecule has 7 nitrogen and oxygen atoms in total. The molecular weight excluding hydrogens is 579 g/mol. The van der Waals surface area contributed by atoms with Crippen LogP contribution in [0.2, 0.25) is 0 Å². The van der Waals surface area contributed by atoms with Crippen LogP contribution < -0.4 is 4.31 Å². The molecule has 2 heterocycles. The van der Waals surface area contributed by atoms with E-state index in [0.29, 0.717) is 55.6 Å². The number of benzene rings is 2. The standard InChI is InChI=1S/C29H33F5N4O3S/c1-19-3-2-4-24(17-19)38(18-20-5-7-21(8-6-20)27-35-36-28(41-27)26(30)31)42(39,40)25-13-15-37(16-14-25)23-11-9-22(10-12-23)29(32,33)34/h2-8,17,22-23,25-26H,9-16,18H2,1H3. The molecular formula is C29H33F5N4O3S. The average Bonchev–Trinajstić information content (AvgIpc) is 3.47. The molecule has 228 valence electrons. The van der Waals surface area contributed by atoms with Crippen molar-refractivity contribution in [2.45, 2.75) is 75.9 Å². The molecule has 0 radical (unpaired) electrons. The number of rotatable bonds is 8. The van der Waals surface area contributed by atoms with Gasteiger partial charge < -0.3 is 9.32 Å². The lowest BCUT2D eigenvalue weighted by atomic mass is 9.84. The number of anilines is 1. The van der Waals surface area contributed by atoms with Crippen LogP contribution in [0.15, 0.2) is 52.9 Å². The number of hydrogen-bond acceptors (Lipinski definition) is 6. The van der Waals surface area contributed by atoms with Gasteiger partial charge in [0.1, 0.15) is 0 Å². The Morgan fingerprint density at radius 2 is 1.64 bits per heavy atom. The average molecular weight is 613 g/mol. The van der Waals surface area contributed by atoms with Crippen LogP contribution in [0.4, 0.5) is 27.6 Å². The summed E-state index contributed by atoms with van der Waals surface area (Å²) in [6.07, 6.45) is -5.07. The summed E-state index contributed by atoms with van der Waals surface area (Å²) >= 11 is 0. The van der Waals surface area contributed by atoms with Gasteiger partial charge in [0.2, 0.25) is 15.9 Å². The van der Waals surface area contributed by atoms with Crippen molar-refractivity contribution in [2.24, 2.45) is 5.92 Å². The number of alkyl halides is 5. The molecule has 0 spiro atoms. The van der Waals surface area contributed by atoms with Gasteiger partial charge in [0.05, 0.1) is 23.4 Å². The molecule has 1 saturated carbocycles. The van der Waals surface area contributed by atoms with Crippen LogP contribution in [0.3, 0.4) is 0 Å². The van der Waals surface area contributed by atoms with Gasteiger partial charge in [-0.05, 0) is 93.9 Å². The van der Waals surface area contributed by atoms with Gasteiger partial charge in [-0.1, -0.05) is 24.3 Å². The second kappa shape index (κ2) is 12.3. The van der Waals surface area contributed by atoms with Crippen LogP contribution in [0.1, 0.15) is 62.0 Å². The Hall–Kier alpha value is -3.06. The molecule has 1 aliphatic heterocycles. The van der Waals surface area contributed by atoms with E-state index < -0.39 is 39.7 Å². The Labute approximate surface area is 241 Å². The molecule has 3 aromatic rings. The third-order valence-corrected chi connectivity index (χ3v) is 10.6. The largest absolute Gasteiger partial charge is 0.415 e.